The van der Waals surface area contributed by atoms with Crippen molar-refractivity contribution in [1.29, 1.82) is 0 Å². The van der Waals surface area contributed by atoms with Crippen LogP contribution in [0.1, 0.15) is 37.2 Å². The molecule has 0 aliphatic rings. The van der Waals surface area contributed by atoms with Crippen molar-refractivity contribution < 1.29 is 14.3 Å². The number of hydrogen-bond acceptors (Lipinski definition) is 4. The molecule has 1 amide bonds. The molecule has 6 heteroatoms. The van der Waals surface area contributed by atoms with E-state index in [1.807, 2.05) is 73.7 Å². The van der Waals surface area contributed by atoms with Crippen LogP contribution in [0.4, 0.5) is 0 Å². The van der Waals surface area contributed by atoms with Gasteiger partial charge in [-0.15, -0.1) is 0 Å². The summed E-state index contributed by atoms with van der Waals surface area (Å²) in [5.41, 5.74) is 3.14. The van der Waals surface area contributed by atoms with E-state index in [-0.39, 0.29) is 18.6 Å². The van der Waals surface area contributed by atoms with Crippen molar-refractivity contribution in [3.8, 4) is 11.5 Å². The molecule has 1 aromatic heterocycles. The van der Waals surface area contributed by atoms with Crippen molar-refractivity contribution in [1.82, 2.24) is 14.9 Å². The number of benzene rings is 3. The first-order valence-corrected chi connectivity index (χ1v) is 11.7. The summed E-state index contributed by atoms with van der Waals surface area (Å²) in [5.74, 6) is 2.27. The van der Waals surface area contributed by atoms with Gasteiger partial charge in [0.15, 0.2) is 6.61 Å². The van der Waals surface area contributed by atoms with Gasteiger partial charge in [-0.1, -0.05) is 48.5 Å². The highest BCUT2D eigenvalue weighted by Crippen LogP contribution is 2.22. The number of fused-ring (bicyclic) bond motifs is 1. The summed E-state index contributed by atoms with van der Waals surface area (Å²) >= 11 is 0. The number of nitrogens with zero attached hydrogens (tertiary/aromatic N) is 2. The summed E-state index contributed by atoms with van der Waals surface area (Å²) in [7, 11) is 0. The lowest BCUT2D eigenvalue weighted by Gasteiger charge is -2.17. The minimum Gasteiger partial charge on any atom is -0.493 e. The molecule has 0 aliphatic heterocycles. The molecule has 0 spiro atoms. The zero-order chi connectivity index (χ0) is 23.8. The predicted molar refractivity (Wildman–Crippen MR) is 134 cm³/mol. The van der Waals surface area contributed by atoms with E-state index >= 15 is 0 Å². The van der Waals surface area contributed by atoms with E-state index in [0.717, 1.165) is 47.6 Å². The van der Waals surface area contributed by atoms with Gasteiger partial charge in [0.1, 0.15) is 17.3 Å². The second-order valence-corrected chi connectivity index (χ2v) is 8.32. The second-order valence-electron chi connectivity index (χ2n) is 8.32. The number of ether oxygens (including phenoxy) is 2. The fraction of sp³-hybridized carbons (Fsp3) is 0.286. The molecular formula is C28H31N3O3. The topological polar surface area (TPSA) is 65.4 Å². The standard InChI is InChI=1S/C28H31N3O3/c1-21-12-6-9-17-26(21)33-19-11-10-18-31-25-16-8-7-15-24(25)30-28(31)22(2)29-27(32)20-34-23-13-4-3-5-14-23/h3-9,12-17,22H,10-11,18-20H2,1-2H3,(H,29,32). The molecule has 34 heavy (non-hydrogen) atoms. The molecule has 4 rings (SSSR count). The van der Waals surface area contributed by atoms with Gasteiger partial charge >= 0.3 is 0 Å². The Kier molecular flexibility index (Phi) is 7.81. The lowest BCUT2D eigenvalue weighted by molar-refractivity contribution is -0.123. The Balaban J connectivity index is 1.36. The number of amides is 1. The second kappa shape index (κ2) is 11.4. The first-order chi connectivity index (χ1) is 16.6. The summed E-state index contributed by atoms with van der Waals surface area (Å²) in [4.78, 5) is 17.3. The highest BCUT2D eigenvalue weighted by molar-refractivity contribution is 5.79. The molecule has 1 N–H and O–H groups in total. The number of nitrogens with one attached hydrogen (secondary N) is 1. The van der Waals surface area contributed by atoms with Gasteiger partial charge in [0.2, 0.25) is 0 Å². The Bertz CT molecular complexity index is 1220. The van der Waals surface area contributed by atoms with E-state index in [1.54, 1.807) is 0 Å². The molecule has 3 aromatic carbocycles. The third-order valence-electron chi connectivity index (χ3n) is 5.69. The Hall–Kier alpha value is -3.80. The SMILES string of the molecule is Cc1ccccc1OCCCCn1c(C(C)NC(=O)COc2ccccc2)nc2ccccc21. The Morgan fingerprint density at radius 2 is 1.68 bits per heavy atom. The molecule has 176 valence electrons. The summed E-state index contributed by atoms with van der Waals surface area (Å²) in [5, 5.41) is 3.03. The smallest absolute Gasteiger partial charge is 0.258 e. The highest BCUT2D eigenvalue weighted by atomic mass is 16.5. The van der Waals surface area contributed by atoms with Gasteiger partial charge in [0.05, 0.1) is 23.7 Å². The molecule has 0 aliphatic carbocycles. The molecule has 0 fully saturated rings. The molecule has 1 heterocycles. The van der Waals surface area contributed by atoms with Gasteiger partial charge < -0.3 is 19.4 Å². The van der Waals surface area contributed by atoms with E-state index in [2.05, 4.69) is 28.9 Å². The van der Waals surface area contributed by atoms with Crippen LogP contribution < -0.4 is 14.8 Å². The largest absolute Gasteiger partial charge is 0.493 e. The quantitative estimate of drug-likeness (QED) is 0.304. The monoisotopic (exact) mass is 457 g/mol. The summed E-state index contributed by atoms with van der Waals surface area (Å²) in [6.45, 7) is 5.44. The summed E-state index contributed by atoms with van der Waals surface area (Å²) < 4.78 is 13.7. The van der Waals surface area contributed by atoms with Crippen LogP contribution in [0.25, 0.3) is 11.0 Å². The molecule has 0 saturated heterocycles. The van der Waals surface area contributed by atoms with E-state index in [0.29, 0.717) is 12.4 Å². The number of unbranched alkanes of at least 4 members (excludes halogenated alkanes) is 1. The highest BCUT2D eigenvalue weighted by Gasteiger charge is 2.18. The van der Waals surface area contributed by atoms with Crippen LogP contribution in [0.5, 0.6) is 11.5 Å². The summed E-state index contributed by atoms with van der Waals surface area (Å²) in [6, 6.07) is 25.2. The predicted octanol–water partition coefficient (Wildman–Crippen LogP) is 5.46. The van der Waals surface area contributed by atoms with E-state index < -0.39 is 0 Å². The van der Waals surface area contributed by atoms with Gasteiger partial charge in [-0.25, -0.2) is 4.98 Å². The van der Waals surface area contributed by atoms with Crippen molar-refractivity contribution >= 4 is 16.9 Å². The normalized spacial score (nSPS) is 11.8. The molecule has 4 aromatic rings. The van der Waals surface area contributed by atoms with Gasteiger partial charge in [-0.2, -0.15) is 0 Å². The number of rotatable bonds is 11. The maximum atomic E-state index is 12.5. The van der Waals surface area contributed by atoms with Crippen LogP contribution in [0.2, 0.25) is 0 Å². The van der Waals surface area contributed by atoms with Crippen LogP contribution in [0.15, 0.2) is 78.9 Å². The number of aryl methyl sites for hydroxylation is 2. The number of carbonyl (C=O) groups is 1. The van der Waals surface area contributed by atoms with Crippen molar-refractivity contribution in [3.63, 3.8) is 0 Å². The van der Waals surface area contributed by atoms with Gasteiger partial charge in [-0.05, 0) is 62.6 Å². The van der Waals surface area contributed by atoms with Crippen LogP contribution in [-0.4, -0.2) is 28.7 Å². The van der Waals surface area contributed by atoms with E-state index in [4.69, 9.17) is 14.5 Å². The van der Waals surface area contributed by atoms with E-state index in [9.17, 15) is 4.79 Å². The number of hydrogen-bond donors (Lipinski definition) is 1. The average Bonchev–Trinajstić information content (AvgIpc) is 3.23. The van der Waals surface area contributed by atoms with Crippen LogP contribution in [0.3, 0.4) is 0 Å². The Labute approximate surface area is 200 Å². The van der Waals surface area contributed by atoms with E-state index in [1.165, 1.54) is 0 Å². The van der Waals surface area contributed by atoms with Crippen molar-refractivity contribution in [2.75, 3.05) is 13.2 Å². The third kappa shape index (κ3) is 5.95. The van der Waals surface area contributed by atoms with Crippen molar-refractivity contribution in [2.45, 2.75) is 39.3 Å². The summed E-state index contributed by atoms with van der Waals surface area (Å²) in [6.07, 6.45) is 1.86. The number of aromatic nitrogens is 2. The minimum absolute atomic E-state index is 0.0369. The first kappa shape index (κ1) is 23.4. The average molecular weight is 458 g/mol. The molecule has 1 atom stereocenters. The van der Waals surface area contributed by atoms with Crippen LogP contribution in [-0.2, 0) is 11.3 Å². The third-order valence-corrected chi connectivity index (χ3v) is 5.69. The lowest BCUT2D eigenvalue weighted by atomic mass is 10.2. The molecular weight excluding hydrogens is 426 g/mol. The lowest BCUT2D eigenvalue weighted by Crippen LogP contribution is -2.32. The van der Waals surface area contributed by atoms with Crippen molar-refractivity contribution in [2.24, 2.45) is 0 Å². The van der Waals surface area contributed by atoms with Gasteiger partial charge in [-0.3, -0.25) is 4.79 Å². The molecule has 6 nitrogen and oxygen atoms in total. The Morgan fingerprint density at radius 1 is 0.941 bits per heavy atom. The molecule has 0 bridgehead atoms. The first-order valence-electron chi connectivity index (χ1n) is 11.7. The fourth-order valence-corrected chi connectivity index (χ4v) is 3.95. The zero-order valence-electron chi connectivity index (χ0n) is 19.7. The molecule has 0 saturated carbocycles. The van der Waals surface area contributed by atoms with Crippen molar-refractivity contribution in [3.05, 3.63) is 90.3 Å². The Morgan fingerprint density at radius 3 is 2.50 bits per heavy atom. The van der Waals surface area contributed by atoms with Crippen LogP contribution in [0, 0.1) is 6.92 Å². The number of para-hydroxylation sites is 4. The van der Waals surface area contributed by atoms with Gasteiger partial charge in [0.25, 0.3) is 5.91 Å². The fourth-order valence-electron chi connectivity index (χ4n) is 3.95. The van der Waals surface area contributed by atoms with Gasteiger partial charge in [0, 0.05) is 6.54 Å². The number of carbonyl (C=O) groups excluding carboxylic acids is 1. The minimum atomic E-state index is -0.248. The zero-order valence-corrected chi connectivity index (χ0v) is 19.7. The maximum Gasteiger partial charge on any atom is 0.258 e. The van der Waals surface area contributed by atoms with Crippen LogP contribution >= 0.6 is 0 Å². The molecule has 0 radical (unpaired) electrons. The number of imidazole rings is 1. The maximum absolute atomic E-state index is 12.5. The molecule has 1 unspecified atom stereocenters.